The predicted molar refractivity (Wildman–Crippen MR) is 158 cm³/mol. The van der Waals surface area contributed by atoms with Crippen molar-refractivity contribution in [2.24, 2.45) is 10.1 Å². The number of sulfonamides is 1. The smallest absolute Gasteiger partial charge is 0.301 e. The van der Waals surface area contributed by atoms with E-state index >= 15 is 0 Å². The van der Waals surface area contributed by atoms with E-state index in [-0.39, 0.29) is 10.9 Å². The van der Waals surface area contributed by atoms with Crippen LogP contribution in [0.15, 0.2) is 76.8 Å². The number of nitrogens with one attached hydrogen (secondary N) is 1. The van der Waals surface area contributed by atoms with Gasteiger partial charge in [-0.3, -0.25) is 19.6 Å². The summed E-state index contributed by atoms with van der Waals surface area (Å²) in [4.78, 5) is 29.7. The fraction of sp³-hybridized carbons (Fsp3) is 0.222. The van der Waals surface area contributed by atoms with E-state index in [0.29, 0.717) is 35.1 Å². The van der Waals surface area contributed by atoms with Crippen molar-refractivity contribution in [3.05, 3.63) is 93.5 Å². The van der Waals surface area contributed by atoms with Crippen LogP contribution >= 0.6 is 11.8 Å². The van der Waals surface area contributed by atoms with Gasteiger partial charge < -0.3 is 4.90 Å². The zero-order valence-electron chi connectivity index (χ0n) is 21.8. The van der Waals surface area contributed by atoms with Crippen molar-refractivity contribution in [2.75, 3.05) is 35.2 Å². The van der Waals surface area contributed by atoms with Crippen LogP contribution in [0.5, 0.6) is 0 Å². The number of carbonyl (C=O) groups excluding carboxylic acids is 1. The van der Waals surface area contributed by atoms with Crippen molar-refractivity contribution in [2.45, 2.75) is 12.8 Å². The molecule has 0 aromatic heterocycles. The largest absolute Gasteiger partial charge is 0.326 e. The molecule has 40 heavy (non-hydrogen) atoms. The first-order chi connectivity index (χ1) is 19.1. The Morgan fingerprint density at radius 3 is 2.48 bits per heavy atom. The Morgan fingerprint density at radius 1 is 1.10 bits per heavy atom. The molecule has 1 amide bonds. The van der Waals surface area contributed by atoms with E-state index in [1.807, 2.05) is 12.1 Å². The predicted octanol–water partition coefficient (Wildman–Crippen LogP) is 5.00. The van der Waals surface area contributed by atoms with Crippen LogP contribution in [0.25, 0.3) is 0 Å². The van der Waals surface area contributed by atoms with Gasteiger partial charge in [-0.2, -0.15) is 5.10 Å². The molecule has 13 heteroatoms. The number of hydrogen-bond donors (Lipinski definition) is 1. The van der Waals surface area contributed by atoms with Crippen molar-refractivity contribution >= 4 is 61.3 Å². The number of hydrogen-bond acceptors (Lipinski definition) is 8. The van der Waals surface area contributed by atoms with Crippen molar-refractivity contribution in [3.8, 4) is 0 Å². The molecule has 1 N–H and O–H groups in total. The summed E-state index contributed by atoms with van der Waals surface area (Å²) < 4.78 is 25.6. The molecule has 0 fully saturated rings. The minimum Gasteiger partial charge on any atom is -0.326 e. The van der Waals surface area contributed by atoms with Crippen LogP contribution < -0.4 is 9.62 Å². The molecule has 3 aromatic rings. The maximum Gasteiger partial charge on any atom is 0.301 e. The van der Waals surface area contributed by atoms with Crippen LogP contribution in [0.4, 0.5) is 27.5 Å². The van der Waals surface area contributed by atoms with Gasteiger partial charge in [0.25, 0.3) is 5.69 Å². The highest BCUT2D eigenvalue weighted by Crippen LogP contribution is 2.32. The summed E-state index contributed by atoms with van der Waals surface area (Å²) in [5, 5.41) is 17.0. The average molecular weight is 579 g/mol. The molecule has 0 aliphatic carbocycles. The van der Waals surface area contributed by atoms with Gasteiger partial charge in [-0.15, -0.1) is 0 Å². The Balaban J connectivity index is 1.54. The van der Waals surface area contributed by atoms with E-state index in [9.17, 15) is 23.3 Å². The number of anilines is 2. The van der Waals surface area contributed by atoms with Crippen molar-refractivity contribution in [1.82, 2.24) is 5.01 Å². The molecule has 0 bridgehead atoms. The number of fused-ring (bicyclic) bond motifs is 1. The van der Waals surface area contributed by atoms with Gasteiger partial charge in [0.15, 0.2) is 0 Å². The molecule has 206 valence electrons. The molecule has 0 atom stereocenters. The molecule has 2 heterocycles. The number of aryl methyl sites for hydroxylation is 1. The van der Waals surface area contributed by atoms with Gasteiger partial charge in [0.2, 0.25) is 10.0 Å². The van der Waals surface area contributed by atoms with Crippen molar-refractivity contribution in [1.29, 1.82) is 0 Å². The normalized spacial score (nSPS) is 15.9. The van der Waals surface area contributed by atoms with Crippen LogP contribution in [-0.2, 0) is 16.4 Å². The summed E-state index contributed by atoms with van der Waals surface area (Å²) in [6, 6.07) is 19.1. The number of nitrogens with zero attached hydrogens (tertiary/aromatic N) is 5. The van der Waals surface area contributed by atoms with E-state index in [2.05, 4.69) is 20.8 Å². The average Bonchev–Trinajstić information content (AvgIpc) is 2.93. The van der Waals surface area contributed by atoms with Crippen molar-refractivity contribution < 1.29 is 18.1 Å². The molecule has 5 rings (SSSR count). The monoisotopic (exact) mass is 578 g/mol. The highest BCUT2D eigenvalue weighted by molar-refractivity contribution is 8.14. The Labute approximate surface area is 235 Å². The highest BCUT2D eigenvalue weighted by Gasteiger charge is 2.25. The van der Waals surface area contributed by atoms with E-state index in [4.69, 9.17) is 4.99 Å². The lowest BCUT2D eigenvalue weighted by Gasteiger charge is -2.33. The molecular formula is C27H26N6O5S2. The standard InChI is InChI=1S/C27H26N6O5S2/c1-31-27(34)39-17-24(29-31)19-7-14-25-20(16-19)4-3-15-32(25)26(18-5-12-23(13-6-18)33(35)36)28-21-8-10-22(11-9-21)30-40(2,37)38/h5-14,16,30H,3-4,15,17H2,1-2H3/b28-26-. The molecule has 3 aromatic carbocycles. The first-order valence-corrected chi connectivity index (χ1v) is 15.3. The van der Waals surface area contributed by atoms with E-state index in [0.717, 1.165) is 41.6 Å². The van der Waals surface area contributed by atoms with Gasteiger partial charge in [0, 0.05) is 48.4 Å². The number of non-ortho nitro benzene ring substituents is 1. The maximum atomic E-state index is 11.8. The zero-order valence-corrected chi connectivity index (χ0v) is 23.4. The van der Waals surface area contributed by atoms with Crippen molar-refractivity contribution in [3.63, 3.8) is 0 Å². The lowest BCUT2D eigenvalue weighted by molar-refractivity contribution is -0.384. The molecule has 0 spiro atoms. The SMILES string of the molecule is CN1N=C(c2ccc3c(c2)CCCN3/C(=N\c2ccc(NS(C)(=O)=O)cc2)c2ccc([N+](=O)[O-])cc2)CSC1=O. The number of hydrazone groups is 1. The molecule has 0 saturated carbocycles. The van der Waals surface area contributed by atoms with E-state index < -0.39 is 14.9 Å². The summed E-state index contributed by atoms with van der Waals surface area (Å²) in [6.45, 7) is 0.684. The summed E-state index contributed by atoms with van der Waals surface area (Å²) in [5.41, 5.74) is 5.57. The summed E-state index contributed by atoms with van der Waals surface area (Å²) in [5.74, 6) is 1.12. The summed E-state index contributed by atoms with van der Waals surface area (Å²) in [7, 11) is -1.77. The topological polar surface area (TPSA) is 138 Å². The first-order valence-electron chi connectivity index (χ1n) is 12.4. The fourth-order valence-electron chi connectivity index (χ4n) is 4.57. The number of nitro groups is 1. The molecule has 0 radical (unpaired) electrons. The fourth-order valence-corrected chi connectivity index (χ4v) is 5.84. The van der Waals surface area contributed by atoms with Gasteiger partial charge in [-0.05, 0) is 72.5 Å². The number of thioether (sulfide) groups is 1. The molecule has 0 unspecified atom stereocenters. The Hall–Kier alpha value is -4.23. The number of rotatable bonds is 6. The molecule has 2 aliphatic heterocycles. The summed E-state index contributed by atoms with van der Waals surface area (Å²) in [6.07, 6.45) is 2.80. The Bertz CT molecular complexity index is 1640. The number of amides is 1. The number of aliphatic imine (C=N–C) groups is 1. The van der Waals surface area contributed by atoms with Gasteiger partial charge >= 0.3 is 5.24 Å². The van der Waals surface area contributed by atoms with Crippen LogP contribution in [0.2, 0.25) is 0 Å². The van der Waals surface area contributed by atoms with Crippen LogP contribution in [-0.4, -0.2) is 60.7 Å². The molecule has 2 aliphatic rings. The second-order valence-electron chi connectivity index (χ2n) is 9.38. The van der Waals surface area contributed by atoms with Gasteiger partial charge in [-0.25, -0.2) is 18.4 Å². The Morgan fingerprint density at radius 2 is 1.82 bits per heavy atom. The quantitative estimate of drug-likeness (QED) is 0.188. The third kappa shape index (κ3) is 6.15. The lowest BCUT2D eigenvalue weighted by Crippen LogP contribution is -2.36. The minimum absolute atomic E-state index is 0.0161. The number of benzene rings is 3. The third-order valence-electron chi connectivity index (χ3n) is 6.40. The second kappa shape index (κ2) is 11.1. The first kappa shape index (κ1) is 27.3. The number of amidine groups is 1. The van der Waals surface area contributed by atoms with Crippen LogP contribution in [0.1, 0.15) is 23.1 Å². The summed E-state index contributed by atoms with van der Waals surface area (Å²) >= 11 is 1.22. The van der Waals surface area contributed by atoms with Gasteiger partial charge in [0.1, 0.15) is 5.84 Å². The highest BCUT2D eigenvalue weighted by atomic mass is 32.2. The number of carbonyl (C=O) groups is 1. The second-order valence-corrected chi connectivity index (χ2v) is 12.1. The number of nitro benzene ring substituents is 1. The van der Waals surface area contributed by atoms with Crippen LogP contribution in [0.3, 0.4) is 0 Å². The molecule has 0 saturated heterocycles. The molecule has 11 nitrogen and oxygen atoms in total. The van der Waals surface area contributed by atoms with Crippen LogP contribution in [0, 0.1) is 10.1 Å². The molecular weight excluding hydrogens is 552 g/mol. The van der Waals surface area contributed by atoms with E-state index in [1.165, 1.54) is 28.9 Å². The maximum absolute atomic E-state index is 11.8. The Kier molecular flexibility index (Phi) is 7.59. The lowest BCUT2D eigenvalue weighted by atomic mass is 9.97. The zero-order chi connectivity index (χ0) is 28.4. The third-order valence-corrected chi connectivity index (χ3v) is 7.93. The van der Waals surface area contributed by atoms with Gasteiger partial charge in [0.05, 0.1) is 22.6 Å². The van der Waals surface area contributed by atoms with E-state index in [1.54, 1.807) is 43.4 Å². The minimum atomic E-state index is -3.41. The van der Waals surface area contributed by atoms with Gasteiger partial charge in [-0.1, -0.05) is 17.8 Å².